The summed E-state index contributed by atoms with van der Waals surface area (Å²) < 4.78 is 26.4. The van der Waals surface area contributed by atoms with Gasteiger partial charge in [-0.05, 0) is 42.7 Å². The molecule has 0 N–H and O–H groups in total. The highest BCUT2D eigenvalue weighted by atomic mass is 32.2. The highest BCUT2D eigenvalue weighted by molar-refractivity contribution is 7.89. The van der Waals surface area contributed by atoms with E-state index in [0.717, 1.165) is 24.9 Å². The zero-order valence-electron chi connectivity index (χ0n) is 16.8. The molecular weight excluding hydrogens is 360 g/mol. The van der Waals surface area contributed by atoms with Crippen molar-refractivity contribution in [3.05, 3.63) is 35.4 Å². The van der Waals surface area contributed by atoms with E-state index in [1.165, 1.54) is 5.56 Å². The minimum Gasteiger partial charge on any atom is -0.338 e. The number of amides is 1. The summed E-state index contributed by atoms with van der Waals surface area (Å²) in [4.78, 5) is 15.2. The third kappa shape index (κ3) is 4.21. The molecule has 0 bridgehead atoms. The number of carbonyl (C=O) groups is 1. The molecule has 0 aromatic heterocycles. The van der Waals surface area contributed by atoms with Gasteiger partial charge in [-0.2, -0.15) is 0 Å². The molecule has 2 fully saturated rings. The first-order valence-electron chi connectivity index (χ1n) is 10.1. The number of piperidine rings is 1. The van der Waals surface area contributed by atoms with Gasteiger partial charge in [-0.25, -0.2) is 12.7 Å². The van der Waals surface area contributed by atoms with Crippen molar-refractivity contribution in [2.75, 3.05) is 25.4 Å². The van der Waals surface area contributed by atoms with Crippen molar-refractivity contribution in [1.82, 2.24) is 9.21 Å². The van der Waals surface area contributed by atoms with Crippen LogP contribution in [-0.4, -0.2) is 48.9 Å². The van der Waals surface area contributed by atoms with Crippen LogP contribution in [0.15, 0.2) is 24.3 Å². The number of likely N-dealkylation sites (tertiary alicyclic amines) is 1. The molecule has 6 heteroatoms. The summed E-state index contributed by atoms with van der Waals surface area (Å²) in [7, 11) is -3.24. The fourth-order valence-electron chi connectivity index (χ4n) is 4.37. The van der Waals surface area contributed by atoms with Crippen LogP contribution in [-0.2, 0) is 21.4 Å². The summed E-state index contributed by atoms with van der Waals surface area (Å²) >= 11 is 0. The molecule has 27 heavy (non-hydrogen) atoms. The monoisotopic (exact) mass is 392 g/mol. The second kappa shape index (κ2) is 7.92. The third-order valence-electron chi connectivity index (χ3n) is 6.02. The molecule has 0 saturated carbocycles. The largest absolute Gasteiger partial charge is 0.338 e. The van der Waals surface area contributed by atoms with Crippen molar-refractivity contribution >= 4 is 15.9 Å². The van der Waals surface area contributed by atoms with E-state index in [1.54, 1.807) is 4.31 Å². The summed E-state index contributed by atoms with van der Waals surface area (Å²) in [5.41, 5.74) is 1.92. The Balaban J connectivity index is 1.71. The zero-order chi connectivity index (χ0) is 19.7. The van der Waals surface area contributed by atoms with E-state index >= 15 is 0 Å². The van der Waals surface area contributed by atoms with Gasteiger partial charge in [-0.15, -0.1) is 0 Å². The minimum absolute atomic E-state index is 0.135. The van der Waals surface area contributed by atoms with E-state index in [0.29, 0.717) is 38.4 Å². The van der Waals surface area contributed by atoms with Gasteiger partial charge >= 0.3 is 0 Å². The average Bonchev–Trinajstić information content (AvgIpc) is 3.06. The SMILES string of the molecule is CCCS(=O)(=O)N1CCC2(CCCN(Cc3ccc(C(C)C)cc3)C2=O)C1. The van der Waals surface area contributed by atoms with Gasteiger partial charge in [0, 0.05) is 26.2 Å². The fraction of sp³-hybridized carbons (Fsp3) is 0.667. The topological polar surface area (TPSA) is 57.7 Å². The van der Waals surface area contributed by atoms with Crippen molar-refractivity contribution < 1.29 is 13.2 Å². The lowest BCUT2D eigenvalue weighted by Crippen LogP contribution is -2.50. The molecule has 1 atom stereocenters. The third-order valence-corrected chi connectivity index (χ3v) is 8.04. The Bertz CT molecular complexity index is 773. The quantitative estimate of drug-likeness (QED) is 0.746. The van der Waals surface area contributed by atoms with Crippen LogP contribution in [0.4, 0.5) is 0 Å². The van der Waals surface area contributed by atoms with E-state index in [4.69, 9.17) is 0 Å². The lowest BCUT2D eigenvalue weighted by atomic mass is 9.78. The number of rotatable bonds is 6. The fourth-order valence-corrected chi connectivity index (χ4v) is 5.96. The summed E-state index contributed by atoms with van der Waals surface area (Å²) in [6, 6.07) is 8.49. The predicted octanol–water partition coefficient (Wildman–Crippen LogP) is 3.36. The van der Waals surface area contributed by atoms with E-state index in [-0.39, 0.29) is 11.7 Å². The lowest BCUT2D eigenvalue weighted by Gasteiger charge is -2.39. The highest BCUT2D eigenvalue weighted by Crippen LogP contribution is 2.41. The van der Waals surface area contributed by atoms with Crippen molar-refractivity contribution in [3.63, 3.8) is 0 Å². The van der Waals surface area contributed by atoms with Crippen LogP contribution >= 0.6 is 0 Å². The van der Waals surface area contributed by atoms with Gasteiger partial charge < -0.3 is 4.90 Å². The first-order chi connectivity index (χ1) is 12.8. The van der Waals surface area contributed by atoms with E-state index in [2.05, 4.69) is 38.1 Å². The molecule has 5 nitrogen and oxygen atoms in total. The van der Waals surface area contributed by atoms with Crippen molar-refractivity contribution in [2.45, 2.75) is 58.9 Å². The first kappa shape index (κ1) is 20.3. The number of carbonyl (C=O) groups excluding carboxylic acids is 1. The maximum atomic E-state index is 13.3. The summed E-state index contributed by atoms with van der Waals surface area (Å²) in [5, 5.41) is 0. The van der Waals surface area contributed by atoms with Crippen molar-refractivity contribution in [2.24, 2.45) is 5.41 Å². The average molecular weight is 393 g/mol. The summed E-state index contributed by atoms with van der Waals surface area (Å²) in [6.45, 7) is 8.43. The van der Waals surface area contributed by atoms with Crippen LogP contribution in [0.3, 0.4) is 0 Å². The molecule has 1 aromatic carbocycles. The van der Waals surface area contributed by atoms with Gasteiger partial charge in [0.2, 0.25) is 15.9 Å². The normalized spacial score (nSPS) is 24.3. The molecule has 2 heterocycles. The smallest absolute Gasteiger partial charge is 0.230 e. The Labute approximate surface area is 163 Å². The zero-order valence-corrected chi connectivity index (χ0v) is 17.6. The van der Waals surface area contributed by atoms with E-state index in [1.807, 2.05) is 11.8 Å². The minimum atomic E-state index is -3.24. The molecule has 150 valence electrons. The molecule has 2 aliphatic heterocycles. The van der Waals surface area contributed by atoms with Gasteiger partial charge in [-0.3, -0.25) is 4.79 Å². The number of hydrogen-bond acceptors (Lipinski definition) is 3. The van der Waals surface area contributed by atoms with Crippen molar-refractivity contribution in [1.29, 1.82) is 0 Å². The van der Waals surface area contributed by atoms with E-state index < -0.39 is 15.4 Å². The molecule has 1 unspecified atom stereocenters. The number of nitrogens with zero attached hydrogens (tertiary/aromatic N) is 2. The molecule has 0 aliphatic carbocycles. The molecule has 1 spiro atoms. The Hall–Kier alpha value is -1.40. The summed E-state index contributed by atoms with van der Waals surface area (Å²) in [6.07, 6.45) is 3.00. The first-order valence-corrected chi connectivity index (χ1v) is 11.7. The number of sulfonamides is 1. The van der Waals surface area contributed by atoms with E-state index in [9.17, 15) is 13.2 Å². The molecule has 1 aromatic rings. The molecule has 1 amide bonds. The van der Waals surface area contributed by atoms with Gasteiger partial charge in [-0.1, -0.05) is 45.0 Å². The van der Waals surface area contributed by atoms with Crippen LogP contribution in [0.1, 0.15) is 63.5 Å². The number of benzene rings is 1. The van der Waals surface area contributed by atoms with Crippen molar-refractivity contribution in [3.8, 4) is 0 Å². The lowest BCUT2D eigenvalue weighted by molar-refractivity contribution is -0.146. The molecule has 3 rings (SSSR count). The molecule has 2 saturated heterocycles. The molecule has 0 radical (unpaired) electrons. The van der Waals surface area contributed by atoms with Gasteiger partial charge in [0.15, 0.2) is 0 Å². The van der Waals surface area contributed by atoms with Crippen LogP contribution in [0.2, 0.25) is 0 Å². The number of hydrogen-bond donors (Lipinski definition) is 0. The van der Waals surface area contributed by atoms with Gasteiger partial charge in [0.05, 0.1) is 11.2 Å². The van der Waals surface area contributed by atoms with Crippen LogP contribution in [0, 0.1) is 5.41 Å². The maximum Gasteiger partial charge on any atom is 0.230 e. The van der Waals surface area contributed by atoms with Crippen LogP contribution in [0.5, 0.6) is 0 Å². The second-order valence-corrected chi connectivity index (χ2v) is 10.5. The van der Waals surface area contributed by atoms with Gasteiger partial charge in [0.25, 0.3) is 0 Å². The standard InChI is InChI=1S/C21H32N2O3S/c1-4-14-27(25,26)23-13-11-21(16-23)10-5-12-22(20(21)24)15-18-6-8-19(9-7-18)17(2)3/h6-9,17H,4-5,10-16H2,1-3H3. The molecule has 2 aliphatic rings. The Morgan fingerprint density at radius 1 is 1.11 bits per heavy atom. The summed E-state index contributed by atoms with van der Waals surface area (Å²) in [5.74, 6) is 0.799. The molecular formula is C21H32N2O3S. The predicted molar refractivity (Wildman–Crippen MR) is 108 cm³/mol. The Morgan fingerprint density at radius 3 is 2.44 bits per heavy atom. The van der Waals surface area contributed by atoms with Crippen LogP contribution in [0.25, 0.3) is 0 Å². The Kier molecular flexibility index (Phi) is 5.96. The Morgan fingerprint density at radius 2 is 1.81 bits per heavy atom. The van der Waals surface area contributed by atoms with Crippen LogP contribution < -0.4 is 0 Å². The van der Waals surface area contributed by atoms with Gasteiger partial charge in [0.1, 0.15) is 0 Å². The second-order valence-electron chi connectivity index (χ2n) is 8.41. The highest BCUT2D eigenvalue weighted by Gasteiger charge is 2.50. The maximum absolute atomic E-state index is 13.3.